The minimum Gasteiger partial charge on any atom is -0.444 e. The summed E-state index contributed by atoms with van der Waals surface area (Å²) in [5, 5.41) is 2.93. The number of nitrogens with one attached hydrogen (secondary N) is 1. The van der Waals surface area contributed by atoms with Crippen LogP contribution in [-0.4, -0.2) is 44.0 Å². The Morgan fingerprint density at radius 2 is 1.88 bits per heavy atom. The van der Waals surface area contributed by atoms with Gasteiger partial charge in [0.25, 0.3) is 5.91 Å². The second-order valence-electron chi connectivity index (χ2n) is 8.88. The van der Waals surface area contributed by atoms with Gasteiger partial charge in [0.05, 0.1) is 12.2 Å². The van der Waals surface area contributed by atoms with Crippen molar-refractivity contribution >= 4 is 12.0 Å². The lowest BCUT2D eigenvalue weighted by molar-refractivity contribution is 0.0220. The monoisotopic (exact) mass is 445 g/mol. The van der Waals surface area contributed by atoms with Crippen LogP contribution in [0.3, 0.4) is 0 Å². The number of hydrogen-bond donors (Lipinski definition) is 1. The SMILES string of the molecule is CC(C)(C)OC(=O)N1CCc2c(nc(-c3ccccc3)nc2C(=O)NCc2cccnc2)C1. The van der Waals surface area contributed by atoms with Crippen LogP contribution in [0.5, 0.6) is 0 Å². The van der Waals surface area contributed by atoms with Gasteiger partial charge in [-0.3, -0.25) is 9.78 Å². The van der Waals surface area contributed by atoms with Gasteiger partial charge in [-0.25, -0.2) is 14.8 Å². The molecule has 0 atom stereocenters. The Hall–Kier alpha value is -3.81. The zero-order chi connectivity index (χ0) is 23.4. The number of carbonyl (C=O) groups excluding carboxylic acids is 2. The first-order valence-electron chi connectivity index (χ1n) is 10.9. The van der Waals surface area contributed by atoms with Crippen LogP contribution in [-0.2, 0) is 24.2 Å². The van der Waals surface area contributed by atoms with Gasteiger partial charge in [-0.2, -0.15) is 0 Å². The summed E-state index contributed by atoms with van der Waals surface area (Å²) in [5.74, 6) is 0.173. The highest BCUT2D eigenvalue weighted by atomic mass is 16.6. The first kappa shape index (κ1) is 22.4. The first-order valence-corrected chi connectivity index (χ1v) is 10.9. The second kappa shape index (κ2) is 9.36. The molecule has 0 saturated carbocycles. The minimum atomic E-state index is -0.588. The molecule has 170 valence electrons. The van der Waals surface area contributed by atoms with Crippen LogP contribution in [0.25, 0.3) is 11.4 Å². The summed E-state index contributed by atoms with van der Waals surface area (Å²) in [6, 6.07) is 13.2. The van der Waals surface area contributed by atoms with Crippen molar-refractivity contribution in [2.24, 2.45) is 0 Å². The summed E-state index contributed by atoms with van der Waals surface area (Å²) in [4.78, 5) is 40.8. The molecular formula is C25H27N5O3. The average molecular weight is 446 g/mol. The predicted octanol–water partition coefficient (Wildman–Crippen LogP) is 3.76. The number of rotatable bonds is 4. The van der Waals surface area contributed by atoms with E-state index in [0.29, 0.717) is 36.7 Å². The number of pyridine rings is 1. The van der Waals surface area contributed by atoms with Crippen molar-refractivity contribution in [2.75, 3.05) is 6.54 Å². The molecule has 33 heavy (non-hydrogen) atoms. The zero-order valence-electron chi connectivity index (χ0n) is 19.0. The van der Waals surface area contributed by atoms with Crippen LogP contribution < -0.4 is 5.32 Å². The van der Waals surface area contributed by atoms with Crippen molar-refractivity contribution < 1.29 is 14.3 Å². The van der Waals surface area contributed by atoms with Crippen LogP contribution in [0, 0.1) is 0 Å². The number of nitrogens with zero attached hydrogens (tertiary/aromatic N) is 4. The third-order valence-electron chi connectivity index (χ3n) is 5.14. The van der Waals surface area contributed by atoms with Crippen LogP contribution >= 0.6 is 0 Å². The smallest absolute Gasteiger partial charge is 0.410 e. The fraction of sp³-hybridized carbons (Fsp3) is 0.320. The maximum absolute atomic E-state index is 13.1. The molecule has 0 radical (unpaired) electrons. The summed E-state index contributed by atoms with van der Waals surface area (Å²) in [7, 11) is 0. The molecule has 1 aromatic carbocycles. The molecule has 0 spiro atoms. The molecule has 8 nitrogen and oxygen atoms in total. The van der Waals surface area contributed by atoms with E-state index >= 15 is 0 Å². The Kier molecular flexibility index (Phi) is 6.35. The van der Waals surface area contributed by atoms with Gasteiger partial charge in [-0.15, -0.1) is 0 Å². The van der Waals surface area contributed by atoms with Gasteiger partial charge < -0.3 is 15.0 Å². The minimum absolute atomic E-state index is 0.259. The topological polar surface area (TPSA) is 97.3 Å². The van der Waals surface area contributed by atoms with Gasteiger partial charge in [0, 0.05) is 36.6 Å². The van der Waals surface area contributed by atoms with Gasteiger partial charge in [0.2, 0.25) is 0 Å². The van der Waals surface area contributed by atoms with E-state index in [1.54, 1.807) is 17.3 Å². The van der Waals surface area contributed by atoms with Crippen LogP contribution in [0.4, 0.5) is 4.79 Å². The summed E-state index contributed by atoms with van der Waals surface area (Å²) < 4.78 is 5.53. The molecule has 0 bridgehead atoms. The fourth-order valence-electron chi connectivity index (χ4n) is 3.59. The summed E-state index contributed by atoms with van der Waals surface area (Å²) in [5.41, 5.74) is 2.87. The molecule has 2 aromatic heterocycles. The molecule has 1 aliphatic rings. The first-order chi connectivity index (χ1) is 15.8. The van der Waals surface area contributed by atoms with Crippen molar-refractivity contribution in [2.45, 2.75) is 45.9 Å². The van der Waals surface area contributed by atoms with Crippen molar-refractivity contribution in [3.8, 4) is 11.4 Å². The van der Waals surface area contributed by atoms with Gasteiger partial charge in [0.1, 0.15) is 11.3 Å². The van der Waals surface area contributed by atoms with E-state index in [1.807, 2.05) is 63.2 Å². The molecule has 0 saturated heterocycles. The van der Waals surface area contributed by atoms with Gasteiger partial charge in [0.15, 0.2) is 5.82 Å². The van der Waals surface area contributed by atoms with E-state index in [0.717, 1.165) is 16.7 Å². The highest BCUT2D eigenvalue weighted by Gasteiger charge is 2.30. The molecule has 0 aliphatic carbocycles. The molecule has 3 heterocycles. The quantitative estimate of drug-likeness (QED) is 0.657. The number of carbonyl (C=O) groups is 2. The van der Waals surface area contributed by atoms with E-state index in [1.165, 1.54) is 0 Å². The van der Waals surface area contributed by atoms with Crippen molar-refractivity contribution in [3.63, 3.8) is 0 Å². The van der Waals surface area contributed by atoms with Gasteiger partial charge in [-0.05, 0) is 38.8 Å². The zero-order valence-corrected chi connectivity index (χ0v) is 19.0. The average Bonchev–Trinajstić information content (AvgIpc) is 2.81. The Morgan fingerprint density at radius 3 is 2.58 bits per heavy atom. The predicted molar refractivity (Wildman–Crippen MR) is 123 cm³/mol. The molecular weight excluding hydrogens is 418 g/mol. The lowest BCUT2D eigenvalue weighted by Gasteiger charge is -2.31. The number of ether oxygens (including phenoxy) is 1. The molecule has 0 unspecified atom stereocenters. The van der Waals surface area contributed by atoms with Crippen LogP contribution in [0.2, 0.25) is 0 Å². The summed E-state index contributed by atoms with van der Waals surface area (Å²) >= 11 is 0. The standard InChI is InChI=1S/C25H27N5O3/c1-25(2,3)33-24(32)30-13-11-19-20(16-30)28-22(18-9-5-4-6-10-18)29-21(19)23(31)27-15-17-8-7-12-26-14-17/h4-10,12,14H,11,13,15-16H2,1-3H3,(H,27,31). The van der Waals surface area contributed by atoms with E-state index in [2.05, 4.69) is 15.3 Å². The Morgan fingerprint density at radius 1 is 1.09 bits per heavy atom. The van der Waals surface area contributed by atoms with E-state index in [4.69, 9.17) is 9.72 Å². The van der Waals surface area contributed by atoms with E-state index in [-0.39, 0.29) is 12.5 Å². The van der Waals surface area contributed by atoms with E-state index < -0.39 is 11.7 Å². The number of benzene rings is 1. The number of aromatic nitrogens is 3. The highest BCUT2D eigenvalue weighted by molar-refractivity contribution is 5.94. The third-order valence-corrected chi connectivity index (χ3v) is 5.14. The molecule has 4 rings (SSSR count). The highest BCUT2D eigenvalue weighted by Crippen LogP contribution is 2.25. The number of amides is 2. The van der Waals surface area contributed by atoms with Gasteiger partial charge in [-0.1, -0.05) is 36.4 Å². The molecule has 8 heteroatoms. The van der Waals surface area contributed by atoms with Crippen molar-refractivity contribution in [1.29, 1.82) is 0 Å². The van der Waals surface area contributed by atoms with E-state index in [9.17, 15) is 9.59 Å². The molecule has 1 aliphatic heterocycles. The second-order valence-corrected chi connectivity index (χ2v) is 8.88. The largest absolute Gasteiger partial charge is 0.444 e. The van der Waals surface area contributed by atoms with Crippen LogP contribution in [0.15, 0.2) is 54.9 Å². The summed E-state index contributed by atoms with van der Waals surface area (Å²) in [6.07, 6.45) is 3.48. The van der Waals surface area contributed by atoms with Crippen LogP contribution in [0.1, 0.15) is 48.1 Å². The molecule has 3 aromatic rings. The molecule has 1 N–H and O–H groups in total. The normalized spacial score (nSPS) is 13.2. The Labute approximate surface area is 193 Å². The third kappa shape index (κ3) is 5.52. The molecule has 2 amide bonds. The Balaban J connectivity index is 1.64. The van der Waals surface area contributed by atoms with Crippen molar-refractivity contribution in [1.82, 2.24) is 25.2 Å². The Bertz CT molecular complexity index is 1140. The summed E-state index contributed by atoms with van der Waals surface area (Å²) in [6.45, 7) is 6.54. The fourth-order valence-corrected chi connectivity index (χ4v) is 3.59. The molecule has 0 fully saturated rings. The van der Waals surface area contributed by atoms with Gasteiger partial charge >= 0.3 is 6.09 Å². The van der Waals surface area contributed by atoms with Crippen molar-refractivity contribution in [3.05, 3.63) is 77.4 Å². The maximum Gasteiger partial charge on any atom is 0.410 e. The maximum atomic E-state index is 13.1. The lowest BCUT2D eigenvalue weighted by atomic mass is 10.0. The number of fused-ring (bicyclic) bond motifs is 1. The number of hydrogen-bond acceptors (Lipinski definition) is 6. The lowest BCUT2D eigenvalue weighted by Crippen LogP contribution is -2.41.